The number of rotatable bonds is 8. The summed E-state index contributed by atoms with van der Waals surface area (Å²) in [5.74, 6) is 0.718. The Bertz CT molecular complexity index is 747. The van der Waals surface area contributed by atoms with Gasteiger partial charge in [0, 0.05) is 20.2 Å². The summed E-state index contributed by atoms with van der Waals surface area (Å²) >= 11 is 1.55. The first-order valence-electron chi connectivity index (χ1n) is 7.55. The zero-order chi connectivity index (χ0) is 17.7. The van der Waals surface area contributed by atoms with Crippen molar-refractivity contribution in [1.82, 2.24) is 4.31 Å². The molecule has 1 heterocycles. The third kappa shape index (κ3) is 4.16. The number of hydrogen-bond acceptors (Lipinski definition) is 5. The van der Waals surface area contributed by atoms with Gasteiger partial charge in [0.1, 0.15) is 5.75 Å². The smallest absolute Gasteiger partial charge is 0.243 e. The lowest BCUT2D eigenvalue weighted by molar-refractivity contribution is 0.177. The molecule has 1 aromatic carbocycles. The third-order valence-electron chi connectivity index (χ3n) is 3.76. The second-order valence-electron chi connectivity index (χ2n) is 5.55. The molecule has 5 nitrogen and oxygen atoms in total. The highest BCUT2D eigenvalue weighted by Gasteiger charge is 2.26. The van der Waals surface area contributed by atoms with Crippen LogP contribution in [0.1, 0.15) is 16.7 Å². The molecule has 2 aromatic rings. The predicted octanol–water partition coefficient (Wildman–Crippen LogP) is 3.21. The maximum atomic E-state index is 13.1. The average molecular weight is 370 g/mol. The van der Waals surface area contributed by atoms with Crippen molar-refractivity contribution < 1.29 is 17.9 Å². The highest BCUT2D eigenvalue weighted by atomic mass is 32.2. The Hall–Kier alpha value is -1.41. The van der Waals surface area contributed by atoms with Crippen LogP contribution in [0.4, 0.5) is 0 Å². The number of sulfonamides is 1. The Morgan fingerprint density at radius 3 is 2.33 bits per heavy atom. The first kappa shape index (κ1) is 18.9. The van der Waals surface area contributed by atoms with Gasteiger partial charge in [0.25, 0.3) is 0 Å². The van der Waals surface area contributed by atoms with Gasteiger partial charge in [-0.25, -0.2) is 8.42 Å². The second kappa shape index (κ2) is 8.11. The van der Waals surface area contributed by atoms with Crippen LogP contribution >= 0.6 is 11.3 Å². The fourth-order valence-corrected chi connectivity index (χ4v) is 4.84. The minimum atomic E-state index is -3.62. The molecule has 0 aliphatic heterocycles. The zero-order valence-corrected chi connectivity index (χ0v) is 16.0. The van der Waals surface area contributed by atoms with Crippen molar-refractivity contribution in [3.05, 3.63) is 45.6 Å². The van der Waals surface area contributed by atoms with Gasteiger partial charge >= 0.3 is 0 Å². The van der Waals surface area contributed by atoms with E-state index in [4.69, 9.17) is 9.47 Å². The van der Waals surface area contributed by atoms with Crippen molar-refractivity contribution in [3.63, 3.8) is 0 Å². The normalized spacial score (nSPS) is 11.9. The van der Waals surface area contributed by atoms with Crippen LogP contribution < -0.4 is 4.74 Å². The van der Waals surface area contributed by atoms with Crippen LogP contribution in [0.2, 0.25) is 0 Å². The molecule has 2 rings (SSSR count). The minimum Gasteiger partial charge on any atom is -0.496 e. The van der Waals surface area contributed by atoms with Crippen LogP contribution in [-0.2, 0) is 21.3 Å². The lowest BCUT2D eigenvalue weighted by Crippen LogP contribution is -2.33. The van der Waals surface area contributed by atoms with Gasteiger partial charge < -0.3 is 9.47 Å². The Labute approximate surface area is 147 Å². The number of benzene rings is 1. The van der Waals surface area contributed by atoms with E-state index >= 15 is 0 Å². The maximum Gasteiger partial charge on any atom is 0.243 e. The number of ether oxygens (including phenoxy) is 2. The number of aryl methyl sites for hydroxylation is 2. The molecule has 0 radical (unpaired) electrons. The van der Waals surface area contributed by atoms with Crippen LogP contribution in [0.3, 0.4) is 0 Å². The number of thiophene rings is 1. The maximum absolute atomic E-state index is 13.1. The summed E-state index contributed by atoms with van der Waals surface area (Å²) in [7, 11) is -0.462. The summed E-state index contributed by atoms with van der Waals surface area (Å²) in [5, 5.41) is 3.90. The molecule has 0 fully saturated rings. The van der Waals surface area contributed by atoms with Crippen LogP contribution in [-0.4, -0.2) is 40.1 Å². The average Bonchev–Trinajstić information content (AvgIpc) is 3.04. The molecule has 0 bridgehead atoms. The van der Waals surface area contributed by atoms with Crippen molar-refractivity contribution in [2.45, 2.75) is 25.3 Å². The topological polar surface area (TPSA) is 55.8 Å². The monoisotopic (exact) mass is 369 g/mol. The number of methoxy groups -OCH3 is 2. The van der Waals surface area contributed by atoms with E-state index in [-0.39, 0.29) is 4.90 Å². The quantitative estimate of drug-likeness (QED) is 0.717. The van der Waals surface area contributed by atoms with E-state index in [9.17, 15) is 8.42 Å². The fourth-order valence-electron chi connectivity index (χ4n) is 2.59. The van der Waals surface area contributed by atoms with Crippen LogP contribution in [0.5, 0.6) is 5.75 Å². The Morgan fingerprint density at radius 1 is 1.17 bits per heavy atom. The van der Waals surface area contributed by atoms with Gasteiger partial charge in [-0.05, 0) is 59.5 Å². The molecule has 0 atom stereocenters. The number of hydrogen-bond donors (Lipinski definition) is 0. The van der Waals surface area contributed by atoms with E-state index in [0.29, 0.717) is 19.7 Å². The van der Waals surface area contributed by atoms with Gasteiger partial charge in [-0.15, -0.1) is 0 Å². The number of nitrogens with zero attached hydrogens (tertiary/aromatic N) is 1. The molecule has 0 spiro atoms. The second-order valence-corrected chi connectivity index (χ2v) is 8.27. The van der Waals surface area contributed by atoms with Gasteiger partial charge in [-0.2, -0.15) is 15.6 Å². The Kier molecular flexibility index (Phi) is 6.40. The van der Waals surface area contributed by atoms with Gasteiger partial charge in [0.2, 0.25) is 10.0 Å². The zero-order valence-electron chi connectivity index (χ0n) is 14.4. The molecule has 0 saturated carbocycles. The molecule has 1 aromatic heterocycles. The highest BCUT2D eigenvalue weighted by Crippen LogP contribution is 2.28. The molecular formula is C17H23NO4S2. The Morgan fingerprint density at radius 2 is 1.83 bits per heavy atom. The molecule has 0 amide bonds. The van der Waals surface area contributed by atoms with Gasteiger partial charge in [0.15, 0.2) is 0 Å². The molecule has 24 heavy (non-hydrogen) atoms. The molecule has 0 saturated heterocycles. The lowest BCUT2D eigenvalue weighted by Gasteiger charge is -2.22. The molecule has 132 valence electrons. The standard InChI is InChI=1S/C17H23NO4S2/c1-13-9-16(10-14(2)17(13)22-4)24(19,20)18(6-7-21-3)11-15-5-8-23-12-15/h5,8-10,12H,6-7,11H2,1-4H3. The summed E-state index contributed by atoms with van der Waals surface area (Å²) in [6.45, 7) is 4.68. The van der Waals surface area contributed by atoms with Crippen LogP contribution in [0.25, 0.3) is 0 Å². The SMILES string of the molecule is COCCN(Cc1ccsc1)S(=O)(=O)c1cc(C)c(OC)c(C)c1. The largest absolute Gasteiger partial charge is 0.496 e. The van der Waals surface area contributed by atoms with Gasteiger partial charge in [-0.3, -0.25) is 0 Å². The van der Waals surface area contributed by atoms with Crippen molar-refractivity contribution in [1.29, 1.82) is 0 Å². The first-order chi connectivity index (χ1) is 11.4. The first-order valence-corrected chi connectivity index (χ1v) is 9.93. The predicted molar refractivity (Wildman–Crippen MR) is 96.3 cm³/mol. The summed E-state index contributed by atoms with van der Waals surface area (Å²) in [5.41, 5.74) is 2.58. The molecule has 7 heteroatoms. The summed E-state index contributed by atoms with van der Waals surface area (Å²) in [4.78, 5) is 0.282. The minimum absolute atomic E-state index is 0.282. The van der Waals surface area contributed by atoms with Crippen LogP contribution in [0, 0.1) is 13.8 Å². The van der Waals surface area contributed by atoms with Crippen LogP contribution in [0.15, 0.2) is 33.9 Å². The molecule has 0 N–H and O–H groups in total. The molecule has 0 unspecified atom stereocenters. The Balaban J connectivity index is 2.39. The van der Waals surface area contributed by atoms with Crippen molar-refractivity contribution in [2.24, 2.45) is 0 Å². The van der Waals surface area contributed by atoms with E-state index in [2.05, 4.69) is 0 Å². The van der Waals surface area contributed by atoms with E-state index in [1.807, 2.05) is 30.7 Å². The fraction of sp³-hybridized carbons (Fsp3) is 0.412. The summed E-state index contributed by atoms with van der Waals surface area (Å²) in [6.07, 6.45) is 0. The molecule has 0 aliphatic rings. The van der Waals surface area contributed by atoms with E-state index in [1.165, 1.54) is 4.31 Å². The molecular weight excluding hydrogens is 346 g/mol. The molecule has 0 aliphatic carbocycles. The van der Waals surface area contributed by atoms with Crippen molar-refractivity contribution in [3.8, 4) is 5.75 Å². The van der Waals surface area contributed by atoms with Crippen molar-refractivity contribution in [2.75, 3.05) is 27.4 Å². The lowest BCUT2D eigenvalue weighted by atomic mass is 10.1. The highest BCUT2D eigenvalue weighted by molar-refractivity contribution is 7.89. The van der Waals surface area contributed by atoms with E-state index in [1.54, 1.807) is 37.7 Å². The summed E-state index contributed by atoms with van der Waals surface area (Å²) in [6, 6.07) is 5.26. The van der Waals surface area contributed by atoms with Crippen molar-refractivity contribution >= 4 is 21.4 Å². The van der Waals surface area contributed by atoms with Gasteiger partial charge in [0.05, 0.1) is 18.6 Å². The van der Waals surface area contributed by atoms with Gasteiger partial charge in [-0.1, -0.05) is 0 Å². The van der Waals surface area contributed by atoms with E-state index < -0.39 is 10.0 Å². The van der Waals surface area contributed by atoms with E-state index in [0.717, 1.165) is 22.4 Å². The summed E-state index contributed by atoms with van der Waals surface area (Å²) < 4.78 is 38.1. The third-order valence-corrected chi connectivity index (χ3v) is 6.31.